The van der Waals surface area contributed by atoms with E-state index in [1.807, 2.05) is 43.0 Å². The number of nitrogens with one attached hydrogen (secondary N) is 1. The third-order valence-corrected chi connectivity index (χ3v) is 4.17. The fourth-order valence-electron chi connectivity index (χ4n) is 1.87. The molecule has 0 fully saturated rings. The van der Waals surface area contributed by atoms with E-state index in [2.05, 4.69) is 29.3 Å². The Hall–Kier alpha value is -1.33. The summed E-state index contributed by atoms with van der Waals surface area (Å²) in [4.78, 5) is 4.45. The number of benzene rings is 1. The van der Waals surface area contributed by atoms with Crippen molar-refractivity contribution in [1.29, 1.82) is 0 Å². The fourth-order valence-corrected chi connectivity index (χ4v) is 2.58. The van der Waals surface area contributed by atoms with Crippen LogP contribution in [0.5, 0.6) is 0 Å². The minimum Gasteiger partial charge on any atom is -0.338 e. The minimum absolute atomic E-state index is 0.439. The first kappa shape index (κ1) is 15.1. The number of aromatic nitrogens is 2. The summed E-state index contributed by atoms with van der Waals surface area (Å²) >= 11 is 1.93. The van der Waals surface area contributed by atoms with Crippen LogP contribution in [0.4, 0.5) is 0 Å². The van der Waals surface area contributed by atoms with E-state index in [9.17, 15) is 0 Å². The van der Waals surface area contributed by atoms with Crippen LogP contribution in [0.3, 0.4) is 0 Å². The van der Waals surface area contributed by atoms with Crippen LogP contribution in [0.25, 0.3) is 11.4 Å². The average Bonchev–Trinajstić information content (AvgIpc) is 2.92. The Morgan fingerprint density at radius 2 is 2.15 bits per heavy atom. The third-order valence-electron chi connectivity index (χ3n) is 3.03. The van der Waals surface area contributed by atoms with E-state index in [1.54, 1.807) is 0 Å². The molecule has 4 nitrogen and oxygen atoms in total. The maximum atomic E-state index is 5.30. The van der Waals surface area contributed by atoms with Crippen LogP contribution < -0.4 is 5.32 Å². The van der Waals surface area contributed by atoms with Gasteiger partial charge in [0.05, 0.1) is 6.54 Å². The van der Waals surface area contributed by atoms with Crippen molar-refractivity contribution in [1.82, 2.24) is 15.5 Å². The molecular formula is C15H21N3OS. The smallest absolute Gasteiger partial charge is 0.240 e. The summed E-state index contributed by atoms with van der Waals surface area (Å²) in [6.07, 6.45) is 0. The Bertz CT molecular complexity index is 541. The molecule has 0 aliphatic carbocycles. The van der Waals surface area contributed by atoms with E-state index < -0.39 is 0 Å². The number of nitrogens with zero attached hydrogens (tertiary/aromatic N) is 2. The molecule has 1 atom stereocenters. The van der Waals surface area contributed by atoms with Crippen molar-refractivity contribution < 1.29 is 4.52 Å². The zero-order valence-electron chi connectivity index (χ0n) is 12.2. The van der Waals surface area contributed by atoms with Crippen molar-refractivity contribution in [3.8, 4) is 11.4 Å². The summed E-state index contributed by atoms with van der Waals surface area (Å²) in [6, 6.07) is 8.49. The molecule has 0 aliphatic rings. The van der Waals surface area contributed by atoms with Crippen LogP contribution >= 0.6 is 11.8 Å². The summed E-state index contributed by atoms with van der Waals surface area (Å²) in [5.74, 6) is 3.53. The van der Waals surface area contributed by atoms with Gasteiger partial charge in [0.2, 0.25) is 11.7 Å². The molecule has 1 N–H and O–H groups in total. The normalized spacial score (nSPS) is 12.6. The Balaban J connectivity index is 1.94. The summed E-state index contributed by atoms with van der Waals surface area (Å²) in [5, 5.41) is 7.45. The quantitative estimate of drug-likeness (QED) is 0.848. The average molecular weight is 291 g/mol. The molecule has 1 heterocycles. The van der Waals surface area contributed by atoms with Crippen molar-refractivity contribution in [2.45, 2.75) is 33.4 Å². The number of rotatable bonds is 7. The molecule has 108 valence electrons. The molecule has 0 radical (unpaired) electrons. The second-order valence-electron chi connectivity index (χ2n) is 4.77. The summed E-state index contributed by atoms with van der Waals surface area (Å²) in [6.45, 7) is 7.00. The van der Waals surface area contributed by atoms with Gasteiger partial charge in [-0.1, -0.05) is 36.3 Å². The van der Waals surface area contributed by atoms with Gasteiger partial charge >= 0.3 is 0 Å². The standard InChI is InChI=1S/C15H21N3OS/c1-4-20-10-12(3)16-9-14-17-15(18-19-14)13-8-6-5-7-11(13)2/h5-8,12,16H,4,9-10H2,1-3H3/t12-/m0/s1. The SMILES string of the molecule is CCSC[C@H](C)NCc1nc(-c2ccccc2C)no1. The lowest BCUT2D eigenvalue weighted by molar-refractivity contribution is 0.362. The Labute approximate surface area is 124 Å². The van der Waals surface area contributed by atoms with E-state index in [1.165, 1.54) is 0 Å². The molecule has 0 amide bonds. The van der Waals surface area contributed by atoms with E-state index in [0.717, 1.165) is 22.6 Å². The van der Waals surface area contributed by atoms with Gasteiger partial charge in [-0.2, -0.15) is 16.7 Å². The van der Waals surface area contributed by atoms with Crippen molar-refractivity contribution in [2.75, 3.05) is 11.5 Å². The van der Waals surface area contributed by atoms with E-state index in [-0.39, 0.29) is 0 Å². The molecule has 1 aromatic carbocycles. The molecule has 20 heavy (non-hydrogen) atoms. The van der Waals surface area contributed by atoms with E-state index in [4.69, 9.17) is 4.52 Å². The minimum atomic E-state index is 0.439. The second-order valence-corrected chi connectivity index (χ2v) is 6.09. The van der Waals surface area contributed by atoms with Crippen LogP contribution in [0.15, 0.2) is 28.8 Å². The van der Waals surface area contributed by atoms with E-state index >= 15 is 0 Å². The zero-order chi connectivity index (χ0) is 14.4. The monoisotopic (exact) mass is 291 g/mol. The Morgan fingerprint density at radius 1 is 1.35 bits per heavy atom. The van der Waals surface area contributed by atoms with Gasteiger partial charge in [-0.15, -0.1) is 0 Å². The summed E-state index contributed by atoms with van der Waals surface area (Å²) in [5.41, 5.74) is 2.18. The van der Waals surface area contributed by atoms with Gasteiger partial charge in [-0.25, -0.2) is 0 Å². The molecule has 0 bridgehead atoms. The molecule has 0 spiro atoms. The van der Waals surface area contributed by atoms with Crippen molar-refractivity contribution in [3.63, 3.8) is 0 Å². The number of aryl methyl sites for hydroxylation is 1. The summed E-state index contributed by atoms with van der Waals surface area (Å²) in [7, 11) is 0. The van der Waals surface area contributed by atoms with Crippen LogP contribution in [0.1, 0.15) is 25.3 Å². The lowest BCUT2D eigenvalue weighted by Gasteiger charge is -2.10. The predicted octanol–water partition coefficient (Wildman–Crippen LogP) is 3.28. The third kappa shape index (κ3) is 4.08. The maximum Gasteiger partial charge on any atom is 0.240 e. The zero-order valence-corrected chi connectivity index (χ0v) is 13.0. The molecule has 5 heteroatoms. The lowest BCUT2D eigenvalue weighted by Crippen LogP contribution is -2.27. The van der Waals surface area contributed by atoms with Crippen LogP contribution in [0.2, 0.25) is 0 Å². The van der Waals surface area contributed by atoms with Gasteiger partial charge in [0.25, 0.3) is 0 Å². The highest BCUT2D eigenvalue weighted by Gasteiger charge is 2.11. The first-order valence-corrected chi connectivity index (χ1v) is 8.06. The number of hydrogen-bond acceptors (Lipinski definition) is 5. The van der Waals surface area contributed by atoms with Crippen LogP contribution in [0, 0.1) is 6.92 Å². The van der Waals surface area contributed by atoms with E-state index in [0.29, 0.717) is 24.3 Å². The molecule has 2 aromatic rings. The van der Waals surface area contributed by atoms with Gasteiger partial charge < -0.3 is 9.84 Å². The second kappa shape index (κ2) is 7.45. The number of hydrogen-bond donors (Lipinski definition) is 1. The highest BCUT2D eigenvalue weighted by atomic mass is 32.2. The van der Waals surface area contributed by atoms with Gasteiger partial charge in [0.1, 0.15) is 0 Å². The molecular weight excluding hydrogens is 270 g/mol. The van der Waals surface area contributed by atoms with Crippen LogP contribution in [-0.2, 0) is 6.54 Å². The largest absolute Gasteiger partial charge is 0.338 e. The molecule has 2 rings (SSSR count). The summed E-state index contributed by atoms with van der Waals surface area (Å²) < 4.78 is 5.30. The Morgan fingerprint density at radius 3 is 2.90 bits per heavy atom. The van der Waals surface area contributed by atoms with Crippen molar-refractivity contribution >= 4 is 11.8 Å². The highest BCUT2D eigenvalue weighted by Crippen LogP contribution is 2.19. The Kier molecular flexibility index (Phi) is 5.61. The molecule has 0 saturated heterocycles. The molecule has 0 saturated carbocycles. The van der Waals surface area contributed by atoms with Crippen molar-refractivity contribution in [2.24, 2.45) is 0 Å². The topological polar surface area (TPSA) is 51.0 Å². The first-order valence-electron chi connectivity index (χ1n) is 6.90. The predicted molar refractivity (Wildman–Crippen MR) is 83.8 cm³/mol. The highest BCUT2D eigenvalue weighted by molar-refractivity contribution is 7.99. The maximum absolute atomic E-state index is 5.30. The van der Waals surface area contributed by atoms with Gasteiger partial charge in [-0.05, 0) is 25.2 Å². The van der Waals surface area contributed by atoms with Gasteiger partial charge in [0, 0.05) is 17.4 Å². The van der Waals surface area contributed by atoms with Crippen molar-refractivity contribution in [3.05, 3.63) is 35.7 Å². The van der Waals surface area contributed by atoms with Crippen LogP contribution in [-0.4, -0.2) is 27.7 Å². The lowest BCUT2D eigenvalue weighted by atomic mass is 10.1. The van der Waals surface area contributed by atoms with Gasteiger partial charge in [0.15, 0.2) is 0 Å². The number of thioether (sulfide) groups is 1. The first-order chi connectivity index (χ1) is 9.70. The fraction of sp³-hybridized carbons (Fsp3) is 0.467. The molecule has 1 aromatic heterocycles. The van der Waals surface area contributed by atoms with Gasteiger partial charge in [-0.3, -0.25) is 0 Å². The molecule has 0 unspecified atom stereocenters. The molecule has 0 aliphatic heterocycles.